The Kier molecular flexibility index (Phi) is 3.79. The van der Waals surface area contributed by atoms with E-state index in [0.29, 0.717) is 6.42 Å². The molecule has 0 aliphatic rings. The van der Waals surface area contributed by atoms with Crippen LogP contribution in [-0.2, 0) is 6.42 Å². The summed E-state index contributed by atoms with van der Waals surface area (Å²) >= 11 is 5.03. The van der Waals surface area contributed by atoms with Gasteiger partial charge in [-0.1, -0.05) is 18.2 Å². The third-order valence-corrected chi connectivity index (χ3v) is 4.49. The molecule has 0 spiro atoms. The number of ketones is 1. The average Bonchev–Trinajstić information content (AvgIpc) is 2.68. The van der Waals surface area contributed by atoms with E-state index in [1.807, 2.05) is 44.2 Å². The van der Waals surface area contributed by atoms with E-state index in [-0.39, 0.29) is 5.78 Å². The maximum Gasteiger partial charge on any atom is 0.168 e. The van der Waals surface area contributed by atoms with Gasteiger partial charge in [0.05, 0.1) is 3.79 Å². The molecule has 0 aliphatic heterocycles. The lowest BCUT2D eigenvalue weighted by Crippen LogP contribution is -2.05. The summed E-state index contributed by atoms with van der Waals surface area (Å²) in [6, 6.07) is 9.87. The summed E-state index contributed by atoms with van der Waals surface area (Å²) in [5.41, 5.74) is 3.10. The van der Waals surface area contributed by atoms with Crippen molar-refractivity contribution < 1.29 is 4.79 Å². The molecule has 0 unspecified atom stereocenters. The molecule has 0 amide bonds. The fraction of sp³-hybridized carbons (Fsp3) is 0.214. The molecule has 0 fully saturated rings. The van der Waals surface area contributed by atoms with Gasteiger partial charge in [0.15, 0.2) is 5.78 Å². The minimum absolute atomic E-state index is 0.195. The predicted octanol–water partition coefficient (Wildman–Crippen LogP) is 4.55. The second-order valence-corrected chi connectivity index (χ2v) is 6.60. The summed E-state index contributed by atoms with van der Waals surface area (Å²) in [6.45, 7) is 4.04. The Morgan fingerprint density at radius 2 is 2.00 bits per heavy atom. The Labute approximate surface area is 114 Å². The van der Waals surface area contributed by atoms with Crippen molar-refractivity contribution in [1.82, 2.24) is 0 Å². The van der Waals surface area contributed by atoms with Crippen LogP contribution in [0.3, 0.4) is 0 Å². The number of rotatable bonds is 3. The molecule has 0 saturated carbocycles. The molecule has 0 radical (unpaired) electrons. The van der Waals surface area contributed by atoms with Crippen LogP contribution in [0.25, 0.3) is 0 Å². The monoisotopic (exact) mass is 308 g/mol. The van der Waals surface area contributed by atoms with Crippen molar-refractivity contribution in [2.45, 2.75) is 20.3 Å². The number of aryl methyl sites for hydroxylation is 1. The second-order valence-electron chi connectivity index (χ2n) is 4.05. The van der Waals surface area contributed by atoms with Gasteiger partial charge in [0.1, 0.15) is 0 Å². The summed E-state index contributed by atoms with van der Waals surface area (Å²) in [7, 11) is 0. The molecule has 0 atom stereocenters. The Hall–Kier alpha value is -0.930. The highest BCUT2D eigenvalue weighted by atomic mass is 79.9. The highest BCUT2D eigenvalue weighted by Crippen LogP contribution is 2.24. The molecular weight excluding hydrogens is 296 g/mol. The number of halogens is 1. The topological polar surface area (TPSA) is 17.1 Å². The predicted molar refractivity (Wildman–Crippen MR) is 76.0 cm³/mol. The summed E-state index contributed by atoms with van der Waals surface area (Å²) in [4.78, 5) is 13.3. The van der Waals surface area contributed by atoms with E-state index in [4.69, 9.17) is 0 Å². The van der Waals surface area contributed by atoms with Gasteiger partial charge in [0, 0.05) is 16.9 Å². The first-order valence-corrected chi connectivity index (χ1v) is 7.02. The van der Waals surface area contributed by atoms with Gasteiger partial charge in [-0.25, -0.2) is 0 Å². The lowest BCUT2D eigenvalue weighted by atomic mass is 9.98. The van der Waals surface area contributed by atoms with Crippen molar-refractivity contribution in [3.63, 3.8) is 0 Å². The Balaban J connectivity index is 2.23. The van der Waals surface area contributed by atoms with Gasteiger partial charge in [0.25, 0.3) is 0 Å². The van der Waals surface area contributed by atoms with Crippen LogP contribution in [0.4, 0.5) is 0 Å². The zero-order chi connectivity index (χ0) is 12.4. The highest BCUT2D eigenvalue weighted by Gasteiger charge is 2.11. The summed E-state index contributed by atoms with van der Waals surface area (Å²) in [5, 5.41) is 0. The largest absolute Gasteiger partial charge is 0.294 e. The minimum atomic E-state index is 0.195. The van der Waals surface area contributed by atoms with Gasteiger partial charge in [-0.2, -0.15) is 0 Å². The Bertz CT molecular complexity index is 557. The van der Waals surface area contributed by atoms with Crippen LogP contribution in [0.5, 0.6) is 0 Å². The fourth-order valence-corrected chi connectivity index (χ4v) is 3.24. The van der Waals surface area contributed by atoms with E-state index in [0.717, 1.165) is 19.8 Å². The van der Waals surface area contributed by atoms with E-state index >= 15 is 0 Å². The third kappa shape index (κ3) is 2.85. The fourth-order valence-electron chi connectivity index (χ4n) is 1.75. The summed E-state index contributed by atoms with van der Waals surface area (Å²) < 4.78 is 1.07. The molecule has 3 heteroatoms. The van der Waals surface area contributed by atoms with Gasteiger partial charge in [0.2, 0.25) is 0 Å². The average molecular weight is 309 g/mol. The van der Waals surface area contributed by atoms with Crippen LogP contribution < -0.4 is 0 Å². The number of Topliss-reactive ketones (excluding diaryl/α,β-unsaturated/α-hetero) is 1. The molecule has 0 N–H and O–H groups in total. The van der Waals surface area contributed by atoms with Gasteiger partial charge >= 0.3 is 0 Å². The normalized spacial score (nSPS) is 10.5. The number of hydrogen-bond acceptors (Lipinski definition) is 2. The van der Waals surface area contributed by atoms with Crippen LogP contribution in [-0.4, -0.2) is 5.78 Å². The molecule has 1 heterocycles. The third-order valence-electron chi connectivity index (χ3n) is 2.87. The van der Waals surface area contributed by atoms with E-state index in [2.05, 4.69) is 15.9 Å². The van der Waals surface area contributed by atoms with Crippen LogP contribution >= 0.6 is 27.3 Å². The maximum atomic E-state index is 12.2. The van der Waals surface area contributed by atoms with E-state index in [1.54, 1.807) is 11.3 Å². The number of carbonyl (C=O) groups is 1. The summed E-state index contributed by atoms with van der Waals surface area (Å²) in [5.74, 6) is 0.195. The zero-order valence-corrected chi connectivity index (χ0v) is 12.2. The van der Waals surface area contributed by atoms with Crippen molar-refractivity contribution in [1.29, 1.82) is 0 Å². The molecule has 17 heavy (non-hydrogen) atoms. The first-order valence-electron chi connectivity index (χ1n) is 5.41. The molecular formula is C14H13BrOS. The molecule has 0 bridgehead atoms. The number of hydrogen-bond donors (Lipinski definition) is 0. The molecule has 88 valence electrons. The van der Waals surface area contributed by atoms with Crippen molar-refractivity contribution >= 4 is 33.0 Å². The highest BCUT2D eigenvalue weighted by molar-refractivity contribution is 9.11. The van der Waals surface area contributed by atoms with Crippen molar-refractivity contribution in [3.05, 3.63) is 55.7 Å². The molecule has 0 aliphatic carbocycles. The van der Waals surface area contributed by atoms with Crippen molar-refractivity contribution in [2.75, 3.05) is 0 Å². The van der Waals surface area contributed by atoms with Crippen molar-refractivity contribution in [3.8, 4) is 0 Å². The van der Waals surface area contributed by atoms with Gasteiger partial charge in [-0.15, -0.1) is 11.3 Å². The smallest absolute Gasteiger partial charge is 0.168 e. The maximum absolute atomic E-state index is 12.2. The zero-order valence-electron chi connectivity index (χ0n) is 9.79. The van der Waals surface area contributed by atoms with Gasteiger partial charge < -0.3 is 0 Å². The van der Waals surface area contributed by atoms with E-state index < -0.39 is 0 Å². The van der Waals surface area contributed by atoms with Crippen LogP contribution in [0.2, 0.25) is 0 Å². The lowest BCUT2D eigenvalue weighted by Gasteiger charge is -2.06. The van der Waals surface area contributed by atoms with Crippen LogP contribution in [0.1, 0.15) is 26.4 Å². The first kappa shape index (κ1) is 12.5. The molecule has 1 aromatic heterocycles. The minimum Gasteiger partial charge on any atom is -0.294 e. The second kappa shape index (κ2) is 5.15. The molecule has 1 nitrogen and oxygen atoms in total. The molecule has 2 aromatic rings. The summed E-state index contributed by atoms with van der Waals surface area (Å²) in [6.07, 6.45) is 0.487. The van der Waals surface area contributed by atoms with Gasteiger partial charge in [-0.05, 0) is 53.0 Å². The van der Waals surface area contributed by atoms with Crippen LogP contribution in [0.15, 0.2) is 34.1 Å². The Morgan fingerprint density at radius 3 is 2.65 bits per heavy atom. The standard InChI is InChI=1S/C14H13BrOS/c1-9-4-3-5-12(10(9)2)13(16)8-11-6-7-14(15)17-11/h3-7H,8H2,1-2H3. The van der Waals surface area contributed by atoms with Gasteiger partial charge in [-0.3, -0.25) is 4.79 Å². The quantitative estimate of drug-likeness (QED) is 0.760. The first-order chi connectivity index (χ1) is 8.08. The molecule has 0 saturated heterocycles. The van der Waals surface area contributed by atoms with E-state index in [1.165, 1.54) is 5.56 Å². The molecule has 2 rings (SSSR count). The number of carbonyl (C=O) groups excluding carboxylic acids is 1. The van der Waals surface area contributed by atoms with E-state index in [9.17, 15) is 4.79 Å². The van der Waals surface area contributed by atoms with Crippen LogP contribution in [0, 0.1) is 13.8 Å². The lowest BCUT2D eigenvalue weighted by molar-refractivity contribution is 0.0993. The SMILES string of the molecule is Cc1cccc(C(=O)Cc2ccc(Br)s2)c1C. The Morgan fingerprint density at radius 1 is 1.24 bits per heavy atom. The van der Waals surface area contributed by atoms with Crippen molar-refractivity contribution in [2.24, 2.45) is 0 Å². The number of benzene rings is 1. The number of thiophene rings is 1. The molecule has 1 aromatic carbocycles.